The number of hydrogen-bond acceptors (Lipinski definition) is 0. The zero-order valence-electron chi connectivity index (χ0n) is 23.7. The molecule has 1 heterocycles. The van der Waals surface area contributed by atoms with Gasteiger partial charge in [0.25, 0.3) is 0 Å². The predicted octanol–water partition coefficient (Wildman–Crippen LogP) is 10.8. The molecule has 39 heavy (non-hydrogen) atoms. The third kappa shape index (κ3) is 3.78. The summed E-state index contributed by atoms with van der Waals surface area (Å²) in [5, 5.41) is 3.75. The molecule has 4 aromatic rings. The van der Waals surface area contributed by atoms with Crippen molar-refractivity contribution in [3.63, 3.8) is 0 Å². The van der Waals surface area contributed by atoms with Crippen LogP contribution in [-0.2, 0) is 20.0 Å². The number of benzene rings is 4. The molecule has 0 N–H and O–H groups in total. The second kappa shape index (κ2) is 9.53. The molecule has 0 radical (unpaired) electrons. The second-order valence-electron chi connectivity index (χ2n) is 12.7. The van der Waals surface area contributed by atoms with E-state index in [2.05, 4.69) is 132 Å². The van der Waals surface area contributed by atoms with Gasteiger partial charge in [-0.2, -0.15) is 0 Å². The normalized spacial score (nSPS) is 23.8. The quantitative estimate of drug-likeness (QED) is 0.183. The Balaban J connectivity index is 1.46. The van der Waals surface area contributed by atoms with Crippen molar-refractivity contribution in [2.24, 2.45) is 0 Å². The molecule has 2 unspecified atom stereocenters. The van der Waals surface area contributed by atoms with Crippen molar-refractivity contribution in [2.45, 2.75) is 49.1 Å². The summed E-state index contributed by atoms with van der Waals surface area (Å²) in [5.41, 5.74) is 11.9. The molecule has 4 aromatic carbocycles. The van der Waals surface area contributed by atoms with Gasteiger partial charge in [0.15, 0.2) is 0 Å². The molecule has 1 aliphatic heterocycles. The Bertz CT molecular complexity index is 1510. The molecule has 0 amide bonds. The van der Waals surface area contributed by atoms with E-state index >= 15 is 0 Å². The van der Waals surface area contributed by atoms with Gasteiger partial charge in [-0.1, -0.05) is 0 Å². The standard InChI is InChI=1S/C35H32Si.2CH3.Hf/c1-3-4-21-36(2,30-22-28-17-11-19-32(34(28)24-30)26-13-7-5-8-14-26)31-23-29-18-12-20-33(35(29)25-31)27-15-9-6-10-16-27;;;/h5-20,22-25H,3-4,21H2,1-2H3;2*1H3;. The SMILES string of the molecule is CCCC[Si]1(C)C2=Cc3c(-c4ccccc4)cccc3[CH]2[Hf]([CH3])([CH3])[CH]2C1=Cc1c(-c3ccccc3)cccc12. The van der Waals surface area contributed by atoms with Gasteiger partial charge in [0.1, 0.15) is 0 Å². The van der Waals surface area contributed by atoms with E-state index in [1.165, 1.54) is 52.3 Å². The fourth-order valence-electron chi connectivity index (χ4n) is 8.25. The minimum atomic E-state index is -2.99. The van der Waals surface area contributed by atoms with Gasteiger partial charge in [0.05, 0.1) is 0 Å². The summed E-state index contributed by atoms with van der Waals surface area (Å²) in [5.74, 6) is 0. The summed E-state index contributed by atoms with van der Waals surface area (Å²) in [6, 6.07) is 37.9. The van der Waals surface area contributed by atoms with E-state index in [9.17, 15) is 0 Å². The van der Waals surface area contributed by atoms with E-state index in [1.807, 2.05) is 10.4 Å². The predicted molar refractivity (Wildman–Crippen MR) is 168 cm³/mol. The van der Waals surface area contributed by atoms with Crippen LogP contribution in [-0.4, -0.2) is 8.07 Å². The number of hydrogen-bond donors (Lipinski definition) is 0. The van der Waals surface area contributed by atoms with Crippen molar-refractivity contribution in [2.75, 3.05) is 0 Å². The van der Waals surface area contributed by atoms with Crippen LogP contribution in [0.2, 0.25) is 22.0 Å². The van der Waals surface area contributed by atoms with Gasteiger partial charge in [0, 0.05) is 0 Å². The maximum atomic E-state index is 2.78. The Morgan fingerprint density at radius 3 is 1.51 bits per heavy atom. The van der Waals surface area contributed by atoms with Crippen LogP contribution in [0.25, 0.3) is 34.4 Å². The van der Waals surface area contributed by atoms with E-state index in [1.54, 1.807) is 11.1 Å². The van der Waals surface area contributed by atoms with Crippen molar-refractivity contribution in [1.82, 2.24) is 0 Å². The Morgan fingerprint density at radius 2 is 1.08 bits per heavy atom. The van der Waals surface area contributed by atoms with Crippen molar-refractivity contribution < 1.29 is 20.0 Å². The van der Waals surface area contributed by atoms with Crippen LogP contribution in [0.1, 0.15) is 49.4 Å². The third-order valence-corrected chi connectivity index (χ3v) is 32.1. The molecule has 0 bridgehead atoms. The van der Waals surface area contributed by atoms with Gasteiger partial charge in [-0.3, -0.25) is 0 Å². The number of unbranched alkanes of at least 4 members (excludes halogenated alkanes) is 1. The molecular weight excluding hydrogens is 651 g/mol. The van der Waals surface area contributed by atoms with Crippen molar-refractivity contribution in [1.29, 1.82) is 0 Å². The van der Waals surface area contributed by atoms with Crippen LogP contribution < -0.4 is 0 Å². The average molecular weight is 689 g/mol. The first-order valence-corrected chi connectivity index (χ1v) is 28.8. The molecule has 3 aliphatic rings. The molecule has 7 rings (SSSR count). The number of allylic oxidation sites excluding steroid dienone is 2. The van der Waals surface area contributed by atoms with Gasteiger partial charge >= 0.3 is 241 Å². The summed E-state index contributed by atoms with van der Waals surface area (Å²) < 4.78 is 6.95. The van der Waals surface area contributed by atoms with E-state index < -0.39 is 28.0 Å². The molecule has 1 fully saturated rings. The topological polar surface area (TPSA) is 0 Å². The fourth-order valence-corrected chi connectivity index (χ4v) is 40.8. The van der Waals surface area contributed by atoms with Gasteiger partial charge in [-0.15, -0.1) is 0 Å². The van der Waals surface area contributed by atoms with Crippen molar-refractivity contribution in [3.05, 3.63) is 130 Å². The van der Waals surface area contributed by atoms with Crippen molar-refractivity contribution >= 4 is 20.2 Å². The van der Waals surface area contributed by atoms with Crippen LogP contribution in [0.15, 0.2) is 107 Å². The van der Waals surface area contributed by atoms with Gasteiger partial charge in [0.2, 0.25) is 0 Å². The molecule has 2 atom stereocenters. The van der Waals surface area contributed by atoms with Gasteiger partial charge in [-0.05, 0) is 0 Å². The summed E-state index contributed by atoms with van der Waals surface area (Å²) in [4.78, 5) is 0. The first kappa shape index (κ1) is 25.4. The van der Waals surface area contributed by atoms with E-state index in [4.69, 9.17) is 0 Å². The maximum absolute atomic E-state index is 2.99. The summed E-state index contributed by atoms with van der Waals surface area (Å²) in [6.07, 6.45) is 8.06. The molecule has 1 saturated heterocycles. The van der Waals surface area contributed by atoms with Gasteiger partial charge < -0.3 is 0 Å². The van der Waals surface area contributed by atoms with Crippen LogP contribution in [0, 0.1) is 0 Å². The van der Waals surface area contributed by atoms with Crippen LogP contribution >= 0.6 is 0 Å². The van der Waals surface area contributed by atoms with Crippen LogP contribution in [0.4, 0.5) is 0 Å². The van der Waals surface area contributed by atoms with E-state index in [-0.39, 0.29) is 0 Å². The van der Waals surface area contributed by atoms with Crippen LogP contribution in [0.5, 0.6) is 0 Å². The molecular formula is C37H38HfSi. The second-order valence-corrected chi connectivity index (χ2v) is 34.2. The van der Waals surface area contributed by atoms with Gasteiger partial charge in [-0.25, -0.2) is 0 Å². The zero-order chi connectivity index (χ0) is 26.8. The molecule has 0 nitrogen and oxygen atoms in total. The molecule has 194 valence electrons. The Kier molecular flexibility index (Phi) is 6.21. The first-order chi connectivity index (χ1) is 18.9. The Morgan fingerprint density at radius 1 is 0.615 bits per heavy atom. The zero-order valence-corrected chi connectivity index (χ0v) is 28.3. The molecule has 2 heteroatoms. The van der Waals surface area contributed by atoms with E-state index in [0.29, 0.717) is 7.35 Å². The Hall–Kier alpha value is -2.55. The molecule has 0 spiro atoms. The Labute approximate surface area is 239 Å². The summed E-state index contributed by atoms with van der Waals surface area (Å²) >= 11 is -2.99. The van der Waals surface area contributed by atoms with E-state index in [0.717, 1.165) is 0 Å². The number of fused-ring (bicyclic) bond motifs is 6. The summed E-state index contributed by atoms with van der Waals surface area (Å²) in [7, 11) is -1.87. The minimum absolute atomic E-state index is 0.693. The monoisotopic (exact) mass is 690 g/mol. The molecule has 2 aliphatic carbocycles. The third-order valence-electron chi connectivity index (χ3n) is 10.1. The number of rotatable bonds is 5. The molecule has 0 aromatic heterocycles. The van der Waals surface area contributed by atoms with Crippen LogP contribution in [0.3, 0.4) is 0 Å². The average Bonchev–Trinajstić information content (AvgIpc) is 3.58. The summed E-state index contributed by atoms with van der Waals surface area (Å²) in [6.45, 7) is 5.11. The fraction of sp³-hybridized carbons (Fsp3) is 0.243. The van der Waals surface area contributed by atoms with Crippen molar-refractivity contribution in [3.8, 4) is 22.3 Å². The first-order valence-electron chi connectivity index (χ1n) is 14.8. The molecule has 0 saturated carbocycles.